The Balaban J connectivity index is 0.000000137. The first-order valence-electron chi connectivity index (χ1n) is 33.5. The molecule has 12 aliphatic rings. The van der Waals surface area contributed by atoms with Gasteiger partial charge >= 0.3 is 0 Å². The van der Waals surface area contributed by atoms with Crippen LogP contribution in [0.4, 0.5) is 0 Å². The number of nitrogens with zero attached hydrogens (tertiary/aromatic N) is 6. The smallest absolute Gasteiger partial charge is 0.0601 e. The zero-order valence-corrected chi connectivity index (χ0v) is 54.0. The van der Waals surface area contributed by atoms with Crippen molar-refractivity contribution in [1.82, 2.24) is 29.4 Å². The summed E-state index contributed by atoms with van der Waals surface area (Å²) in [4.78, 5) is 16.0. The first-order chi connectivity index (χ1) is 37.9. The fourth-order valence-corrected chi connectivity index (χ4v) is 15.6. The van der Waals surface area contributed by atoms with Crippen molar-refractivity contribution in [3.63, 3.8) is 0 Å². The molecule has 6 heterocycles. The normalized spacial score (nSPS) is 38.5. The Morgan fingerprint density at radius 2 is 0.506 bits per heavy atom. The van der Waals surface area contributed by atoms with E-state index in [9.17, 15) is 0 Å². The van der Waals surface area contributed by atoms with Crippen LogP contribution in [0.15, 0.2) is 0 Å². The van der Waals surface area contributed by atoms with E-state index in [0.29, 0.717) is 52.9 Å². The van der Waals surface area contributed by atoms with Crippen LogP contribution in [0.3, 0.4) is 0 Å². The third-order valence-corrected chi connectivity index (χ3v) is 21.8. The maximum atomic E-state index is 5.33. The number of methoxy groups -OCH3 is 6. The molecule has 0 amide bonds. The standard InChI is InChI=1S/3C12H23NO.C11H21NO.2C10H19NO/c3*1-12(2)5-4-6-13(9-12)10-7-11(8-10)14-3;1-9-4-3-5-12(8-9)10-6-11(7-10)13-2;2*1-12-10-7-9(8-10)11-5-3-2-4-6-11/h3*10-11H,4-9H2,1-3H3;9-11H,3-8H2,1-2H3;2*9-10H,2-8H2,1H3/t;;;9-,10?,11?;;/m...0../s1. The van der Waals surface area contributed by atoms with Gasteiger partial charge in [0.15, 0.2) is 0 Å². The molecule has 6 aliphatic heterocycles. The van der Waals surface area contributed by atoms with E-state index in [0.717, 1.165) is 42.2 Å². The fraction of sp³-hybridized carbons (Fsp3) is 1.00. The highest BCUT2D eigenvalue weighted by Crippen LogP contribution is 2.39. The Kier molecular flexibility index (Phi) is 27.0. The second-order valence-electron chi connectivity index (χ2n) is 30.0. The van der Waals surface area contributed by atoms with Crippen molar-refractivity contribution >= 4 is 0 Å². The fourth-order valence-electron chi connectivity index (χ4n) is 15.6. The Bertz CT molecular complexity index is 1500. The summed E-state index contributed by atoms with van der Waals surface area (Å²) in [6.07, 6.45) is 38.2. The first kappa shape index (κ1) is 66.1. The molecule has 0 aromatic rings. The third kappa shape index (κ3) is 20.9. The van der Waals surface area contributed by atoms with Gasteiger partial charge in [-0.1, -0.05) is 61.3 Å². The third-order valence-electron chi connectivity index (χ3n) is 21.8. The van der Waals surface area contributed by atoms with E-state index in [-0.39, 0.29) is 0 Å². The van der Waals surface area contributed by atoms with E-state index in [4.69, 9.17) is 28.4 Å². The summed E-state index contributed by atoms with van der Waals surface area (Å²) in [5.41, 5.74) is 1.61. The van der Waals surface area contributed by atoms with Crippen molar-refractivity contribution in [2.24, 2.45) is 22.2 Å². The summed E-state index contributed by atoms with van der Waals surface area (Å²) >= 11 is 0. The van der Waals surface area contributed by atoms with Crippen molar-refractivity contribution in [3.05, 3.63) is 0 Å². The van der Waals surface area contributed by atoms with Crippen LogP contribution in [0, 0.1) is 22.2 Å². The molecule has 6 saturated heterocycles. The van der Waals surface area contributed by atoms with E-state index < -0.39 is 0 Å². The molecule has 0 radical (unpaired) electrons. The minimum atomic E-state index is 0.538. The second kappa shape index (κ2) is 32.3. The summed E-state index contributed by atoms with van der Waals surface area (Å²) in [6.45, 7) is 32.5. The Morgan fingerprint density at radius 3 is 0.747 bits per heavy atom. The van der Waals surface area contributed by atoms with Crippen molar-refractivity contribution in [2.45, 2.75) is 288 Å². The van der Waals surface area contributed by atoms with E-state index in [1.807, 2.05) is 42.7 Å². The van der Waals surface area contributed by atoms with Crippen LogP contribution < -0.4 is 0 Å². The van der Waals surface area contributed by atoms with Gasteiger partial charge in [0.05, 0.1) is 36.6 Å². The molecule has 1 atom stereocenters. The molecule has 0 unspecified atom stereocenters. The highest BCUT2D eigenvalue weighted by Gasteiger charge is 2.41. The minimum absolute atomic E-state index is 0.538. The van der Waals surface area contributed by atoms with Crippen molar-refractivity contribution in [1.29, 1.82) is 0 Å². The van der Waals surface area contributed by atoms with Crippen LogP contribution in [0.25, 0.3) is 0 Å². The molecule has 12 rings (SSSR count). The van der Waals surface area contributed by atoms with E-state index in [1.165, 1.54) is 245 Å². The molecule has 12 heteroatoms. The molecule has 12 nitrogen and oxygen atoms in total. The van der Waals surface area contributed by atoms with Gasteiger partial charge < -0.3 is 38.2 Å². The first-order valence-corrected chi connectivity index (χ1v) is 33.5. The maximum absolute atomic E-state index is 5.33. The lowest BCUT2D eigenvalue weighted by atomic mass is 9.80. The van der Waals surface area contributed by atoms with Gasteiger partial charge in [0, 0.05) is 105 Å². The second-order valence-corrected chi connectivity index (χ2v) is 30.0. The molecule has 0 aromatic heterocycles. The van der Waals surface area contributed by atoms with Crippen LogP contribution in [0.5, 0.6) is 0 Å². The monoisotopic (exact) mass is 1110 g/mol. The molecule has 6 aliphatic carbocycles. The number of piperidine rings is 6. The van der Waals surface area contributed by atoms with Crippen LogP contribution in [-0.4, -0.2) is 223 Å². The molecular formula is C67H128N6O6. The maximum Gasteiger partial charge on any atom is 0.0601 e. The molecule has 0 aromatic carbocycles. The molecule has 462 valence electrons. The van der Waals surface area contributed by atoms with Gasteiger partial charge in [-0.05, 0) is 229 Å². The van der Waals surface area contributed by atoms with Crippen molar-refractivity contribution < 1.29 is 28.4 Å². The number of rotatable bonds is 12. The van der Waals surface area contributed by atoms with Crippen LogP contribution >= 0.6 is 0 Å². The lowest BCUT2D eigenvalue weighted by molar-refractivity contribution is -0.0477. The zero-order valence-electron chi connectivity index (χ0n) is 54.0. The SMILES string of the molecule is COC1CC(N2CCCC(C)(C)C2)C1.COC1CC(N2CCCC(C)(C)C2)C1.COC1CC(N2CCCC(C)(C)C2)C1.COC1CC(N2CCCCC2)C1.COC1CC(N2CCCCC2)C1.COC1CC(N2CCC[C@H](C)C2)C1. The number of hydrogen-bond acceptors (Lipinski definition) is 12. The van der Waals surface area contributed by atoms with Gasteiger partial charge in [0.25, 0.3) is 0 Å². The number of likely N-dealkylation sites (tertiary alicyclic amines) is 6. The molecule has 79 heavy (non-hydrogen) atoms. The average molecular weight is 1110 g/mol. The number of ether oxygens (including phenoxy) is 6. The highest BCUT2D eigenvalue weighted by atomic mass is 16.5. The topological polar surface area (TPSA) is 74.8 Å². The van der Waals surface area contributed by atoms with Gasteiger partial charge in [-0.15, -0.1) is 0 Å². The Labute approximate surface area is 487 Å². The summed E-state index contributed by atoms with van der Waals surface area (Å²) in [5, 5.41) is 0. The van der Waals surface area contributed by atoms with E-state index in [1.54, 1.807) is 0 Å². The quantitative estimate of drug-likeness (QED) is 0.187. The summed E-state index contributed by atoms with van der Waals surface area (Å²) in [6, 6.07) is 5.01. The van der Waals surface area contributed by atoms with Gasteiger partial charge in [-0.25, -0.2) is 0 Å². The molecule has 12 fully saturated rings. The predicted molar refractivity (Wildman–Crippen MR) is 327 cm³/mol. The zero-order chi connectivity index (χ0) is 56.6. The van der Waals surface area contributed by atoms with Crippen LogP contribution in [0.2, 0.25) is 0 Å². The minimum Gasteiger partial charge on any atom is -0.381 e. The summed E-state index contributed by atoms with van der Waals surface area (Å²) in [5.74, 6) is 0.912. The lowest BCUT2D eigenvalue weighted by Crippen LogP contribution is -2.53. The predicted octanol–water partition coefficient (Wildman–Crippen LogP) is 12.1. The summed E-state index contributed by atoms with van der Waals surface area (Å²) < 4.78 is 31.9. The Hall–Kier alpha value is -0.480. The van der Waals surface area contributed by atoms with Gasteiger partial charge in [0.1, 0.15) is 0 Å². The van der Waals surface area contributed by atoms with Gasteiger partial charge in [-0.3, -0.25) is 19.6 Å². The van der Waals surface area contributed by atoms with Gasteiger partial charge in [0.2, 0.25) is 0 Å². The highest BCUT2D eigenvalue weighted by molar-refractivity contribution is 4.96. The van der Waals surface area contributed by atoms with E-state index >= 15 is 0 Å². The van der Waals surface area contributed by atoms with Gasteiger partial charge in [-0.2, -0.15) is 0 Å². The van der Waals surface area contributed by atoms with Crippen LogP contribution in [-0.2, 0) is 28.4 Å². The molecule has 0 N–H and O–H groups in total. The molecular weight excluding hydrogens is 985 g/mol. The lowest BCUT2D eigenvalue weighted by Gasteiger charge is -2.48. The summed E-state index contributed by atoms with van der Waals surface area (Å²) in [7, 11) is 11.0. The van der Waals surface area contributed by atoms with Crippen molar-refractivity contribution in [2.75, 3.05) is 121 Å². The average Bonchev–Trinajstić information content (AvgIpc) is 3.33. The largest absolute Gasteiger partial charge is 0.381 e. The molecule has 0 spiro atoms. The van der Waals surface area contributed by atoms with Crippen molar-refractivity contribution in [3.8, 4) is 0 Å². The van der Waals surface area contributed by atoms with E-state index in [2.05, 4.69) is 77.9 Å². The van der Waals surface area contributed by atoms with Crippen LogP contribution in [0.1, 0.15) is 215 Å². The molecule has 0 bridgehead atoms. The number of hydrogen-bond donors (Lipinski definition) is 0. The molecule has 6 saturated carbocycles. The Morgan fingerprint density at radius 1 is 0.278 bits per heavy atom.